The van der Waals surface area contributed by atoms with Gasteiger partial charge < -0.3 is 20.1 Å². The number of benzene rings is 1. The van der Waals surface area contributed by atoms with Gasteiger partial charge in [-0.25, -0.2) is 4.98 Å². The minimum atomic E-state index is -2.91. The van der Waals surface area contributed by atoms with Crippen molar-refractivity contribution in [2.75, 3.05) is 18.4 Å². The third kappa shape index (κ3) is 6.58. The first-order valence-corrected chi connectivity index (χ1v) is 9.63. The smallest absolute Gasteiger partial charge is 0.387 e. The van der Waals surface area contributed by atoms with Crippen molar-refractivity contribution >= 4 is 11.6 Å². The van der Waals surface area contributed by atoms with Crippen LogP contribution in [0.5, 0.6) is 11.5 Å². The van der Waals surface area contributed by atoms with E-state index in [1.165, 1.54) is 6.07 Å². The molecule has 29 heavy (non-hydrogen) atoms. The van der Waals surface area contributed by atoms with Crippen LogP contribution in [-0.4, -0.2) is 46.9 Å². The van der Waals surface area contributed by atoms with Gasteiger partial charge in [0.15, 0.2) is 17.3 Å². The van der Waals surface area contributed by atoms with Crippen LogP contribution in [0.2, 0.25) is 0 Å². The molecule has 1 amide bonds. The number of aromatic nitrogens is 3. The number of carbonyl (C=O) groups is 1. The summed E-state index contributed by atoms with van der Waals surface area (Å²) in [6, 6.07) is 4.74. The van der Waals surface area contributed by atoms with Gasteiger partial charge in [0.1, 0.15) is 5.82 Å². The largest absolute Gasteiger partial charge is 0.486 e. The summed E-state index contributed by atoms with van der Waals surface area (Å²) in [5.41, 5.74) is 0.693. The molecular weight excluding hydrogens is 384 g/mol. The zero-order chi connectivity index (χ0) is 20.6. The number of halogens is 2. The second-order valence-electron chi connectivity index (χ2n) is 6.85. The maximum Gasteiger partial charge on any atom is 0.387 e. The highest BCUT2D eigenvalue weighted by atomic mass is 19.3. The van der Waals surface area contributed by atoms with Crippen molar-refractivity contribution in [2.24, 2.45) is 0 Å². The Morgan fingerprint density at radius 2 is 2.07 bits per heavy atom. The molecule has 1 fully saturated rings. The van der Waals surface area contributed by atoms with Crippen molar-refractivity contribution in [3.8, 4) is 11.5 Å². The van der Waals surface area contributed by atoms with Crippen LogP contribution in [0.15, 0.2) is 18.2 Å². The van der Waals surface area contributed by atoms with Crippen LogP contribution in [0.25, 0.3) is 0 Å². The van der Waals surface area contributed by atoms with Gasteiger partial charge in [0.05, 0.1) is 12.5 Å². The number of nitrogens with one attached hydrogen (secondary N) is 3. The number of H-pyrrole nitrogens is 1. The van der Waals surface area contributed by atoms with Crippen molar-refractivity contribution < 1.29 is 23.0 Å². The van der Waals surface area contributed by atoms with Crippen LogP contribution < -0.4 is 20.1 Å². The number of amides is 1. The molecule has 0 aliphatic heterocycles. The fourth-order valence-corrected chi connectivity index (χ4v) is 3.17. The molecule has 0 bridgehead atoms. The lowest BCUT2D eigenvalue weighted by molar-refractivity contribution is -0.120. The molecule has 1 aromatic carbocycles. The molecule has 0 radical (unpaired) electrons. The molecular formula is C19H25F2N5O3. The normalized spacial score (nSPS) is 14.2. The van der Waals surface area contributed by atoms with E-state index in [-0.39, 0.29) is 24.2 Å². The molecule has 158 valence electrons. The lowest BCUT2D eigenvalue weighted by Crippen LogP contribution is -2.30. The van der Waals surface area contributed by atoms with Crippen LogP contribution in [0.4, 0.5) is 14.5 Å². The van der Waals surface area contributed by atoms with Crippen molar-refractivity contribution in [1.29, 1.82) is 0 Å². The Morgan fingerprint density at radius 3 is 2.76 bits per heavy atom. The van der Waals surface area contributed by atoms with E-state index in [2.05, 4.69) is 30.6 Å². The van der Waals surface area contributed by atoms with Gasteiger partial charge in [0.2, 0.25) is 5.91 Å². The molecule has 3 rings (SSSR count). The third-order valence-electron chi connectivity index (χ3n) is 4.49. The molecule has 1 saturated carbocycles. The molecule has 1 heterocycles. The van der Waals surface area contributed by atoms with Gasteiger partial charge in [0, 0.05) is 24.8 Å². The van der Waals surface area contributed by atoms with Crippen LogP contribution in [0, 0.1) is 6.92 Å². The molecule has 1 aliphatic carbocycles. The molecule has 10 heteroatoms. The quantitative estimate of drug-likeness (QED) is 0.522. The summed E-state index contributed by atoms with van der Waals surface area (Å²) >= 11 is 0. The standard InChI is InChI=1S/C19H25F2N5O3/c1-12-24-17(26-25-12)11-18(27)23-9-8-22-13-6-7-15(29-19(20)21)16(10-13)28-14-4-2-3-5-14/h6-7,10,14,19,22H,2-5,8-9,11H2,1H3,(H,23,27)(H,24,25,26). The van der Waals surface area contributed by atoms with Gasteiger partial charge in [-0.2, -0.15) is 13.9 Å². The van der Waals surface area contributed by atoms with E-state index in [9.17, 15) is 13.6 Å². The molecule has 2 aromatic rings. The third-order valence-corrected chi connectivity index (χ3v) is 4.49. The van der Waals surface area contributed by atoms with Gasteiger partial charge in [-0.3, -0.25) is 9.89 Å². The second-order valence-corrected chi connectivity index (χ2v) is 6.85. The van der Waals surface area contributed by atoms with E-state index in [1.54, 1.807) is 19.1 Å². The fraction of sp³-hybridized carbons (Fsp3) is 0.526. The summed E-state index contributed by atoms with van der Waals surface area (Å²) in [6.07, 6.45) is 4.07. The Hall–Kier alpha value is -2.91. The Bertz CT molecular complexity index is 809. The Labute approximate surface area is 167 Å². The maximum atomic E-state index is 12.7. The van der Waals surface area contributed by atoms with Crippen LogP contribution >= 0.6 is 0 Å². The van der Waals surface area contributed by atoms with E-state index in [4.69, 9.17) is 4.74 Å². The van der Waals surface area contributed by atoms with Crippen molar-refractivity contribution in [1.82, 2.24) is 20.5 Å². The summed E-state index contributed by atoms with van der Waals surface area (Å²) in [4.78, 5) is 16.0. The predicted molar refractivity (Wildman–Crippen MR) is 102 cm³/mol. The number of rotatable bonds is 10. The minimum absolute atomic E-state index is 0.0175. The van der Waals surface area contributed by atoms with E-state index in [1.807, 2.05) is 0 Å². The van der Waals surface area contributed by atoms with Crippen LogP contribution in [-0.2, 0) is 11.2 Å². The first-order valence-electron chi connectivity index (χ1n) is 9.63. The van der Waals surface area contributed by atoms with E-state index in [0.29, 0.717) is 36.2 Å². The highest BCUT2D eigenvalue weighted by molar-refractivity contribution is 5.77. The first-order chi connectivity index (χ1) is 14.0. The molecule has 3 N–H and O–H groups in total. The number of anilines is 1. The van der Waals surface area contributed by atoms with Gasteiger partial charge in [-0.05, 0) is 44.7 Å². The number of aryl methyl sites for hydroxylation is 1. The summed E-state index contributed by atoms with van der Waals surface area (Å²) in [5, 5.41) is 12.5. The van der Waals surface area contributed by atoms with Crippen molar-refractivity contribution in [3.63, 3.8) is 0 Å². The topological polar surface area (TPSA) is 101 Å². The predicted octanol–water partition coefficient (Wildman–Crippen LogP) is 2.81. The molecule has 1 aliphatic rings. The average molecular weight is 409 g/mol. The number of ether oxygens (including phenoxy) is 2. The molecule has 0 unspecified atom stereocenters. The van der Waals surface area contributed by atoms with Gasteiger partial charge in [-0.1, -0.05) is 0 Å². The van der Waals surface area contributed by atoms with E-state index < -0.39 is 6.61 Å². The zero-order valence-electron chi connectivity index (χ0n) is 16.2. The summed E-state index contributed by atoms with van der Waals surface area (Å²) in [7, 11) is 0. The number of aromatic amines is 1. The lowest BCUT2D eigenvalue weighted by Gasteiger charge is -2.18. The van der Waals surface area contributed by atoms with Gasteiger partial charge in [0.25, 0.3) is 0 Å². The molecule has 1 aromatic heterocycles. The second kappa shape index (κ2) is 10.0. The van der Waals surface area contributed by atoms with E-state index >= 15 is 0 Å². The van der Waals surface area contributed by atoms with Crippen LogP contribution in [0.1, 0.15) is 37.3 Å². The molecule has 8 nitrogen and oxygen atoms in total. The monoisotopic (exact) mass is 409 g/mol. The molecule has 0 spiro atoms. The molecule has 0 saturated heterocycles. The molecule has 0 atom stereocenters. The summed E-state index contributed by atoms with van der Waals surface area (Å²) < 4.78 is 35.7. The average Bonchev–Trinajstić information content (AvgIpc) is 3.32. The number of hydrogen-bond donors (Lipinski definition) is 3. The highest BCUT2D eigenvalue weighted by Crippen LogP contribution is 2.35. The summed E-state index contributed by atoms with van der Waals surface area (Å²) in [5.74, 6) is 1.23. The number of nitrogens with zero attached hydrogens (tertiary/aromatic N) is 2. The Balaban J connectivity index is 1.49. The lowest BCUT2D eigenvalue weighted by atomic mass is 10.2. The van der Waals surface area contributed by atoms with Gasteiger partial charge >= 0.3 is 6.61 Å². The van der Waals surface area contributed by atoms with Crippen molar-refractivity contribution in [3.05, 3.63) is 29.8 Å². The maximum absolute atomic E-state index is 12.7. The number of alkyl halides is 2. The summed E-state index contributed by atoms with van der Waals surface area (Å²) in [6.45, 7) is -0.309. The Morgan fingerprint density at radius 1 is 1.28 bits per heavy atom. The number of carbonyl (C=O) groups excluding carboxylic acids is 1. The van der Waals surface area contributed by atoms with Crippen LogP contribution in [0.3, 0.4) is 0 Å². The highest BCUT2D eigenvalue weighted by Gasteiger charge is 2.20. The zero-order valence-corrected chi connectivity index (χ0v) is 16.2. The number of hydrogen-bond acceptors (Lipinski definition) is 6. The fourth-order valence-electron chi connectivity index (χ4n) is 3.17. The van der Waals surface area contributed by atoms with E-state index in [0.717, 1.165) is 25.7 Å². The SMILES string of the molecule is Cc1nc(CC(=O)NCCNc2ccc(OC(F)F)c(OC3CCCC3)c2)n[nH]1. The minimum Gasteiger partial charge on any atom is -0.486 e. The first kappa shape index (κ1) is 20.8. The Kier molecular flexibility index (Phi) is 7.20. The van der Waals surface area contributed by atoms with Crippen molar-refractivity contribution in [2.45, 2.75) is 51.7 Å². The van der Waals surface area contributed by atoms with Gasteiger partial charge in [-0.15, -0.1) is 0 Å².